The first kappa shape index (κ1) is 23.9. The van der Waals surface area contributed by atoms with Gasteiger partial charge in [0.1, 0.15) is 5.75 Å². The number of hydrogen-bond acceptors (Lipinski definition) is 4. The number of amides is 1. The van der Waals surface area contributed by atoms with Gasteiger partial charge < -0.3 is 15.0 Å². The fourth-order valence-electron chi connectivity index (χ4n) is 4.71. The van der Waals surface area contributed by atoms with Crippen LogP contribution in [0.3, 0.4) is 0 Å². The molecule has 2 aliphatic rings. The van der Waals surface area contributed by atoms with Gasteiger partial charge in [-0.1, -0.05) is 0 Å². The molecular formula is C26H28F3N3O2. The van der Waals surface area contributed by atoms with E-state index in [4.69, 9.17) is 10.1 Å². The molecule has 1 saturated heterocycles. The van der Waals surface area contributed by atoms with E-state index in [0.717, 1.165) is 37.6 Å². The number of carbonyl (C=O) groups is 1. The van der Waals surface area contributed by atoms with Crippen LogP contribution in [0.5, 0.6) is 5.75 Å². The molecule has 0 saturated carbocycles. The Hall–Kier alpha value is -3.29. The number of aryl methyl sites for hydroxylation is 1. The molecular weight excluding hydrogens is 443 g/mol. The molecule has 0 spiro atoms. The lowest BCUT2D eigenvalue weighted by Crippen LogP contribution is -2.22. The standard InChI is InChI=1S/C26H28F3N3O2/c1-16-12-17(14-19(13-16)34-2)24(30)20-6-5-7-21(20)25(33)31-23-15-18(32-10-3-4-11-32)8-9-22(23)26(27,28)29/h8-9,12-15,30H,3-7,10-11H2,1-2H3,(H,31,33). The van der Waals surface area contributed by atoms with Crippen molar-refractivity contribution in [2.24, 2.45) is 0 Å². The fraction of sp³-hybridized carbons (Fsp3) is 0.385. The second kappa shape index (κ2) is 9.52. The number of hydrogen-bond donors (Lipinski definition) is 2. The second-order valence-electron chi connectivity index (χ2n) is 8.80. The number of halogens is 3. The average molecular weight is 472 g/mol. The molecule has 34 heavy (non-hydrogen) atoms. The van der Waals surface area contributed by atoms with Crippen LogP contribution in [0, 0.1) is 12.3 Å². The highest BCUT2D eigenvalue weighted by molar-refractivity contribution is 6.17. The summed E-state index contributed by atoms with van der Waals surface area (Å²) in [5.74, 6) is 0.0267. The largest absolute Gasteiger partial charge is 0.497 e. The van der Waals surface area contributed by atoms with Gasteiger partial charge in [-0.25, -0.2) is 0 Å². The Morgan fingerprint density at radius 1 is 1.03 bits per heavy atom. The number of nitrogens with zero attached hydrogens (tertiary/aromatic N) is 1. The van der Waals surface area contributed by atoms with Crippen molar-refractivity contribution in [3.05, 3.63) is 64.2 Å². The minimum atomic E-state index is -4.59. The van der Waals surface area contributed by atoms with Crippen LogP contribution in [0.1, 0.15) is 48.8 Å². The van der Waals surface area contributed by atoms with E-state index in [-0.39, 0.29) is 11.4 Å². The Morgan fingerprint density at radius 3 is 2.41 bits per heavy atom. The van der Waals surface area contributed by atoms with Crippen LogP contribution < -0.4 is 15.0 Å². The van der Waals surface area contributed by atoms with Gasteiger partial charge in [-0.05, 0) is 86.6 Å². The van der Waals surface area contributed by atoms with Gasteiger partial charge in [0.15, 0.2) is 0 Å². The van der Waals surface area contributed by atoms with Crippen molar-refractivity contribution >= 4 is 23.0 Å². The number of rotatable bonds is 6. The number of methoxy groups -OCH3 is 1. The number of alkyl halides is 3. The first-order valence-electron chi connectivity index (χ1n) is 11.4. The summed E-state index contributed by atoms with van der Waals surface area (Å²) >= 11 is 0. The lowest BCUT2D eigenvalue weighted by atomic mass is 9.97. The van der Waals surface area contributed by atoms with Crippen molar-refractivity contribution in [1.82, 2.24) is 0 Å². The second-order valence-corrected chi connectivity index (χ2v) is 8.80. The molecule has 0 radical (unpaired) electrons. The van der Waals surface area contributed by atoms with E-state index >= 15 is 0 Å². The number of benzene rings is 2. The lowest BCUT2D eigenvalue weighted by Gasteiger charge is -2.21. The first-order valence-corrected chi connectivity index (χ1v) is 11.4. The quantitative estimate of drug-likeness (QED) is 0.500. The van der Waals surface area contributed by atoms with E-state index in [9.17, 15) is 18.0 Å². The SMILES string of the molecule is COc1cc(C)cc(C(=N)C2=C(C(=O)Nc3cc(N4CCCC4)ccc3C(F)(F)F)CCC2)c1. The van der Waals surface area contributed by atoms with Crippen molar-refractivity contribution in [3.8, 4) is 5.75 Å². The molecule has 2 aromatic rings. The molecule has 180 valence electrons. The van der Waals surface area contributed by atoms with Gasteiger partial charge in [0, 0.05) is 29.9 Å². The van der Waals surface area contributed by atoms with Gasteiger partial charge >= 0.3 is 6.18 Å². The maximum absolute atomic E-state index is 13.7. The smallest absolute Gasteiger partial charge is 0.418 e. The highest BCUT2D eigenvalue weighted by atomic mass is 19.4. The van der Waals surface area contributed by atoms with Crippen molar-refractivity contribution in [2.75, 3.05) is 30.4 Å². The summed E-state index contributed by atoms with van der Waals surface area (Å²) in [6.45, 7) is 3.46. The van der Waals surface area contributed by atoms with Gasteiger partial charge in [-0.3, -0.25) is 10.2 Å². The van der Waals surface area contributed by atoms with Crippen molar-refractivity contribution in [2.45, 2.75) is 45.2 Å². The maximum Gasteiger partial charge on any atom is 0.418 e. The van der Waals surface area contributed by atoms with E-state index < -0.39 is 17.6 Å². The lowest BCUT2D eigenvalue weighted by molar-refractivity contribution is -0.136. The van der Waals surface area contributed by atoms with Crippen LogP contribution in [0.15, 0.2) is 47.5 Å². The molecule has 0 atom stereocenters. The average Bonchev–Trinajstić information content (AvgIpc) is 3.49. The summed E-state index contributed by atoms with van der Waals surface area (Å²) in [7, 11) is 1.55. The van der Waals surface area contributed by atoms with Crippen molar-refractivity contribution in [1.29, 1.82) is 5.41 Å². The highest BCUT2D eigenvalue weighted by Crippen LogP contribution is 2.38. The van der Waals surface area contributed by atoms with E-state index in [1.54, 1.807) is 13.2 Å². The minimum Gasteiger partial charge on any atom is -0.497 e. The van der Waals surface area contributed by atoms with Crippen LogP contribution in [0.4, 0.5) is 24.5 Å². The Labute approximate surface area is 197 Å². The van der Waals surface area contributed by atoms with Gasteiger partial charge in [-0.2, -0.15) is 13.2 Å². The molecule has 1 heterocycles. The Kier molecular flexibility index (Phi) is 6.68. The summed E-state index contributed by atoms with van der Waals surface area (Å²) < 4.78 is 46.4. The summed E-state index contributed by atoms with van der Waals surface area (Å²) in [6, 6.07) is 9.33. The zero-order chi connectivity index (χ0) is 24.5. The van der Waals surface area contributed by atoms with E-state index in [1.807, 2.05) is 24.0 Å². The normalized spacial score (nSPS) is 16.2. The number of ether oxygens (including phenoxy) is 1. The Morgan fingerprint density at radius 2 is 1.74 bits per heavy atom. The third kappa shape index (κ3) is 4.95. The molecule has 4 rings (SSSR count). The van der Waals surface area contributed by atoms with Crippen molar-refractivity contribution in [3.63, 3.8) is 0 Å². The summed E-state index contributed by atoms with van der Waals surface area (Å²) in [4.78, 5) is 15.2. The Bertz CT molecular complexity index is 1150. The van der Waals surface area contributed by atoms with Crippen molar-refractivity contribution < 1.29 is 22.7 Å². The minimum absolute atomic E-state index is 0.200. The third-order valence-corrected chi connectivity index (χ3v) is 6.40. The molecule has 5 nitrogen and oxygen atoms in total. The van der Waals surface area contributed by atoms with Gasteiger partial charge in [-0.15, -0.1) is 0 Å². The Balaban J connectivity index is 1.66. The molecule has 0 bridgehead atoms. The summed E-state index contributed by atoms with van der Waals surface area (Å²) in [5, 5.41) is 11.2. The molecule has 1 aliphatic heterocycles. The first-order chi connectivity index (χ1) is 16.2. The van der Waals surface area contributed by atoms with Crippen LogP contribution in [0.25, 0.3) is 0 Å². The van der Waals surface area contributed by atoms with Gasteiger partial charge in [0.05, 0.1) is 24.1 Å². The van der Waals surface area contributed by atoms with Crippen LogP contribution in [0.2, 0.25) is 0 Å². The topological polar surface area (TPSA) is 65.4 Å². The number of nitrogens with one attached hydrogen (secondary N) is 2. The fourth-order valence-corrected chi connectivity index (χ4v) is 4.71. The molecule has 1 aliphatic carbocycles. The van der Waals surface area contributed by atoms with Crippen LogP contribution >= 0.6 is 0 Å². The molecule has 0 aromatic heterocycles. The number of carbonyl (C=O) groups excluding carboxylic acids is 1. The summed E-state index contributed by atoms with van der Waals surface area (Å²) in [5.41, 5.74) is 2.21. The predicted molar refractivity (Wildman–Crippen MR) is 127 cm³/mol. The maximum atomic E-state index is 13.7. The van der Waals surface area contributed by atoms with E-state index in [2.05, 4.69) is 5.32 Å². The van der Waals surface area contributed by atoms with Crippen LogP contribution in [-0.2, 0) is 11.0 Å². The monoisotopic (exact) mass is 471 g/mol. The van der Waals surface area contributed by atoms with Gasteiger partial charge in [0.2, 0.25) is 0 Å². The molecule has 0 unspecified atom stereocenters. The zero-order valence-electron chi connectivity index (χ0n) is 19.3. The number of anilines is 2. The summed E-state index contributed by atoms with van der Waals surface area (Å²) in [6.07, 6.45) is -1.000. The molecule has 1 amide bonds. The molecule has 8 heteroatoms. The molecule has 1 fully saturated rings. The van der Waals surface area contributed by atoms with Gasteiger partial charge in [0.25, 0.3) is 5.91 Å². The van der Waals surface area contributed by atoms with E-state index in [1.165, 1.54) is 12.1 Å². The zero-order valence-corrected chi connectivity index (χ0v) is 19.3. The van der Waals surface area contributed by atoms with E-state index in [0.29, 0.717) is 47.4 Å². The highest BCUT2D eigenvalue weighted by Gasteiger charge is 2.35. The molecule has 2 N–H and O–H groups in total. The predicted octanol–water partition coefficient (Wildman–Crippen LogP) is 6.11. The molecule has 2 aromatic carbocycles. The third-order valence-electron chi connectivity index (χ3n) is 6.40. The number of allylic oxidation sites excluding steroid dienone is 1. The van der Waals surface area contributed by atoms with Crippen LogP contribution in [-0.4, -0.2) is 31.8 Å².